The monoisotopic (exact) mass is 427 g/mol. The van der Waals surface area contributed by atoms with Crippen molar-refractivity contribution in [3.8, 4) is 5.69 Å². The second-order valence-corrected chi connectivity index (χ2v) is 8.95. The third-order valence-electron chi connectivity index (χ3n) is 5.09. The zero-order valence-corrected chi connectivity index (χ0v) is 18.4. The van der Waals surface area contributed by atoms with Gasteiger partial charge in [-0.1, -0.05) is 17.8 Å². The lowest BCUT2D eigenvalue weighted by atomic mass is 10.1. The molecule has 29 heavy (non-hydrogen) atoms. The van der Waals surface area contributed by atoms with Crippen molar-refractivity contribution in [2.75, 3.05) is 32.4 Å². The molecule has 3 aromatic rings. The number of hydrogen-bond acceptors (Lipinski definition) is 6. The molecule has 0 unspecified atom stereocenters. The SMILES string of the molecule is CSc1nccn1-c1cccc(C(=O)N2CCCN(Cc3csc(C)n3)CC2)c1. The highest BCUT2D eigenvalue weighted by atomic mass is 32.2. The van der Waals surface area contributed by atoms with Crippen LogP contribution in [0.1, 0.15) is 27.5 Å². The van der Waals surface area contributed by atoms with Crippen molar-refractivity contribution in [1.82, 2.24) is 24.3 Å². The molecule has 4 rings (SSSR count). The second-order valence-electron chi connectivity index (χ2n) is 7.11. The smallest absolute Gasteiger partial charge is 0.253 e. The maximum atomic E-state index is 13.2. The summed E-state index contributed by atoms with van der Waals surface area (Å²) < 4.78 is 2.02. The maximum Gasteiger partial charge on any atom is 0.253 e. The number of rotatable bonds is 5. The molecule has 1 amide bonds. The minimum Gasteiger partial charge on any atom is -0.337 e. The predicted molar refractivity (Wildman–Crippen MR) is 118 cm³/mol. The van der Waals surface area contributed by atoms with E-state index in [1.807, 2.05) is 53.1 Å². The third-order valence-corrected chi connectivity index (χ3v) is 6.58. The standard InChI is InChI=1S/C21H25N5OS2/c1-16-23-18(15-29-16)14-24-8-4-9-25(12-11-24)20(27)17-5-3-6-19(13-17)26-10-7-22-21(26)28-2/h3,5-7,10,13,15H,4,8-9,11-12,14H2,1-2H3. The number of hydrogen-bond donors (Lipinski definition) is 0. The number of imidazole rings is 1. The van der Waals surface area contributed by atoms with Gasteiger partial charge in [0.05, 0.1) is 10.7 Å². The van der Waals surface area contributed by atoms with Gasteiger partial charge in [0.1, 0.15) is 0 Å². The minimum absolute atomic E-state index is 0.101. The van der Waals surface area contributed by atoms with Crippen molar-refractivity contribution in [3.63, 3.8) is 0 Å². The molecule has 8 heteroatoms. The summed E-state index contributed by atoms with van der Waals surface area (Å²) in [6, 6.07) is 7.83. The first-order chi connectivity index (χ1) is 14.1. The van der Waals surface area contributed by atoms with Crippen molar-refractivity contribution in [2.24, 2.45) is 0 Å². The van der Waals surface area contributed by atoms with Crippen LogP contribution in [0.2, 0.25) is 0 Å². The topological polar surface area (TPSA) is 54.3 Å². The molecule has 152 valence electrons. The van der Waals surface area contributed by atoms with Gasteiger partial charge in [0.15, 0.2) is 5.16 Å². The number of aryl methyl sites for hydroxylation is 1. The summed E-state index contributed by atoms with van der Waals surface area (Å²) in [5.74, 6) is 0.101. The molecule has 0 spiro atoms. The maximum absolute atomic E-state index is 13.2. The van der Waals surface area contributed by atoms with Crippen molar-refractivity contribution < 1.29 is 4.79 Å². The van der Waals surface area contributed by atoms with Crippen molar-refractivity contribution in [2.45, 2.75) is 25.0 Å². The molecule has 0 aliphatic carbocycles. The van der Waals surface area contributed by atoms with Crippen LogP contribution in [0.5, 0.6) is 0 Å². The van der Waals surface area contributed by atoms with Crippen molar-refractivity contribution in [3.05, 3.63) is 58.3 Å². The number of carbonyl (C=O) groups is 1. The molecule has 0 atom stereocenters. The molecule has 1 fully saturated rings. The summed E-state index contributed by atoms with van der Waals surface area (Å²) in [4.78, 5) is 26.5. The van der Waals surface area contributed by atoms with E-state index in [1.54, 1.807) is 29.3 Å². The molecule has 3 heterocycles. The van der Waals surface area contributed by atoms with E-state index in [2.05, 4.69) is 20.2 Å². The molecule has 1 aliphatic rings. The van der Waals surface area contributed by atoms with Crippen LogP contribution >= 0.6 is 23.1 Å². The quantitative estimate of drug-likeness (QED) is 0.581. The van der Waals surface area contributed by atoms with Crippen LogP contribution in [0.4, 0.5) is 0 Å². The first-order valence-corrected chi connectivity index (χ1v) is 11.8. The summed E-state index contributed by atoms with van der Waals surface area (Å²) >= 11 is 3.28. The van der Waals surface area contributed by atoms with Crippen LogP contribution in [-0.4, -0.2) is 62.7 Å². The fourth-order valence-corrected chi connectivity index (χ4v) is 4.78. The average molecular weight is 428 g/mol. The number of benzene rings is 1. The van der Waals surface area contributed by atoms with Gasteiger partial charge in [-0.3, -0.25) is 14.3 Å². The van der Waals surface area contributed by atoms with Gasteiger partial charge >= 0.3 is 0 Å². The van der Waals surface area contributed by atoms with Gasteiger partial charge in [0.2, 0.25) is 0 Å². The molecule has 0 saturated carbocycles. The van der Waals surface area contributed by atoms with E-state index < -0.39 is 0 Å². The highest BCUT2D eigenvalue weighted by molar-refractivity contribution is 7.98. The van der Waals surface area contributed by atoms with Gasteiger partial charge in [0, 0.05) is 61.7 Å². The van der Waals surface area contributed by atoms with Crippen LogP contribution in [0.3, 0.4) is 0 Å². The fourth-order valence-electron chi connectivity index (χ4n) is 3.65. The summed E-state index contributed by atoms with van der Waals surface area (Å²) in [6.07, 6.45) is 6.70. The largest absolute Gasteiger partial charge is 0.337 e. The molecular weight excluding hydrogens is 402 g/mol. The Morgan fingerprint density at radius 2 is 2.14 bits per heavy atom. The first-order valence-electron chi connectivity index (χ1n) is 9.74. The van der Waals surface area contributed by atoms with E-state index in [9.17, 15) is 4.79 Å². The van der Waals surface area contributed by atoms with Crippen LogP contribution in [0.15, 0.2) is 47.2 Å². The van der Waals surface area contributed by atoms with E-state index >= 15 is 0 Å². The lowest BCUT2D eigenvalue weighted by Crippen LogP contribution is -2.35. The molecule has 0 radical (unpaired) electrons. The van der Waals surface area contributed by atoms with E-state index in [1.165, 1.54) is 0 Å². The Bertz CT molecular complexity index is 983. The fraction of sp³-hybridized carbons (Fsp3) is 0.381. The van der Waals surface area contributed by atoms with Gasteiger partial charge in [-0.05, 0) is 37.8 Å². The van der Waals surface area contributed by atoms with Gasteiger partial charge < -0.3 is 4.90 Å². The second kappa shape index (κ2) is 9.11. The summed E-state index contributed by atoms with van der Waals surface area (Å²) in [5, 5.41) is 4.15. The molecule has 1 aromatic carbocycles. The molecule has 0 bridgehead atoms. The van der Waals surface area contributed by atoms with E-state index in [4.69, 9.17) is 0 Å². The van der Waals surface area contributed by atoms with Gasteiger partial charge in [0.25, 0.3) is 5.91 Å². The van der Waals surface area contributed by atoms with E-state index in [0.29, 0.717) is 0 Å². The zero-order valence-electron chi connectivity index (χ0n) is 16.7. The Balaban J connectivity index is 1.44. The first kappa shape index (κ1) is 20.1. The highest BCUT2D eigenvalue weighted by Gasteiger charge is 2.21. The lowest BCUT2D eigenvalue weighted by molar-refractivity contribution is 0.0761. The zero-order chi connectivity index (χ0) is 20.2. The normalized spacial score (nSPS) is 15.4. The van der Waals surface area contributed by atoms with Crippen LogP contribution in [0, 0.1) is 6.92 Å². The Kier molecular flexibility index (Phi) is 6.32. The third kappa shape index (κ3) is 4.71. The molecule has 2 aromatic heterocycles. The summed E-state index contributed by atoms with van der Waals surface area (Å²) in [5.41, 5.74) is 2.82. The number of aromatic nitrogens is 3. The van der Waals surface area contributed by atoms with E-state index in [-0.39, 0.29) is 5.91 Å². The molecule has 6 nitrogen and oxygen atoms in total. The molecule has 0 N–H and O–H groups in total. The molecular formula is C21H25N5OS2. The van der Waals surface area contributed by atoms with Crippen LogP contribution in [-0.2, 0) is 6.54 Å². The van der Waals surface area contributed by atoms with Crippen LogP contribution in [0.25, 0.3) is 5.69 Å². The molecule has 1 aliphatic heterocycles. The number of amides is 1. The Morgan fingerprint density at radius 3 is 2.93 bits per heavy atom. The van der Waals surface area contributed by atoms with Gasteiger partial charge in [-0.25, -0.2) is 9.97 Å². The average Bonchev–Trinajstić information content (AvgIpc) is 3.31. The predicted octanol–water partition coefficient (Wildman–Crippen LogP) is 3.71. The summed E-state index contributed by atoms with van der Waals surface area (Å²) in [7, 11) is 0. The van der Waals surface area contributed by atoms with Crippen LogP contribution < -0.4 is 0 Å². The molecule has 1 saturated heterocycles. The minimum atomic E-state index is 0.101. The van der Waals surface area contributed by atoms with E-state index in [0.717, 1.165) is 66.3 Å². The number of nitrogens with zero attached hydrogens (tertiary/aromatic N) is 5. The summed E-state index contributed by atoms with van der Waals surface area (Å²) in [6.45, 7) is 6.30. The highest BCUT2D eigenvalue weighted by Crippen LogP contribution is 2.20. The number of thiazole rings is 1. The van der Waals surface area contributed by atoms with Gasteiger partial charge in [-0.2, -0.15) is 0 Å². The van der Waals surface area contributed by atoms with Crippen molar-refractivity contribution >= 4 is 29.0 Å². The van der Waals surface area contributed by atoms with Crippen molar-refractivity contribution in [1.29, 1.82) is 0 Å². The lowest BCUT2D eigenvalue weighted by Gasteiger charge is -2.22. The number of thioether (sulfide) groups is 1. The Labute approximate surface area is 179 Å². The Morgan fingerprint density at radius 1 is 1.24 bits per heavy atom. The number of carbonyl (C=O) groups excluding carboxylic acids is 1. The Hall–Kier alpha value is -2.16. The van der Waals surface area contributed by atoms with Gasteiger partial charge in [-0.15, -0.1) is 11.3 Å².